The minimum atomic E-state index is -0.409. The number of aliphatic hydroxyl groups is 1. The highest BCUT2D eigenvalue weighted by molar-refractivity contribution is 6.31. The average molecular weight is 420 g/mol. The number of rotatable bonds is 6. The molecule has 0 radical (unpaired) electrons. The molecule has 158 valence electrons. The lowest BCUT2D eigenvalue weighted by Crippen LogP contribution is -2.39. The molecule has 2 aliphatic rings. The first-order valence-electron chi connectivity index (χ1n) is 10.8. The van der Waals surface area contributed by atoms with Gasteiger partial charge in [-0.25, -0.2) is 0 Å². The van der Waals surface area contributed by atoms with Crippen LogP contribution in [0.25, 0.3) is 11.0 Å². The Morgan fingerprint density at radius 1 is 1.21 bits per heavy atom. The Kier molecular flexibility index (Phi) is 6.73. The summed E-state index contributed by atoms with van der Waals surface area (Å²) in [5.41, 5.74) is 1.86. The molecule has 29 heavy (non-hydrogen) atoms. The van der Waals surface area contributed by atoms with E-state index in [2.05, 4.69) is 15.4 Å². The van der Waals surface area contributed by atoms with E-state index in [4.69, 9.17) is 21.2 Å². The summed E-state index contributed by atoms with van der Waals surface area (Å²) in [6.07, 6.45) is 7.86. The molecule has 1 amide bonds. The smallest absolute Gasteiger partial charge is 0.245 e. The molecule has 0 bridgehead atoms. The zero-order valence-corrected chi connectivity index (χ0v) is 17.5. The molecule has 4 rings (SSSR count). The van der Waals surface area contributed by atoms with Crippen molar-refractivity contribution >= 4 is 28.5 Å². The van der Waals surface area contributed by atoms with Crippen molar-refractivity contribution in [2.75, 3.05) is 26.2 Å². The van der Waals surface area contributed by atoms with Gasteiger partial charge in [-0.2, -0.15) is 0 Å². The van der Waals surface area contributed by atoms with E-state index in [-0.39, 0.29) is 11.9 Å². The molecular formula is C22H30ClN3O3. The second-order valence-corrected chi connectivity index (χ2v) is 8.99. The van der Waals surface area contributed by atoms with Crippen LogP contribution in [0.5, 0.6) is 0 Å². The molecule has 2 fully saturated rings. The fourth-order valence-electron chi connectivity index (χ4n) is 4.89. The fourth-order valence-corrected chi connectivity index (χ4v) is 5.05. The Balaban J connectivity index is 1.20. The number of aromatic nitrogens is 1. The van der Waals surface area contributed by atoms with Crippen LogP contribution < -0.4 is 5.32 Å². The van der Waals surface area contributed by atoms with Gasteiger partial charge in [-0.05, 0) is 82.6 Å². The number of aliphatic hydroxyl groups excluding tert-OH is 1. The standard InChI is InChI=1S/C22H30ClN3O3/c23-17-3-6-19-20(13-17)29-25-22(19)16-8-11-26(12-9-16)10-7-15-1-4-18(5-2-15)24-21(28)14-27/h3,6,13,15-16,18,27H,1-2,4-5,7-12,14H2,(H,24,28). The predicted molar refractivity (Wildman–Crippen MR) is 113 cm³/mol. The monoisotopic (exact) mass is 419 g/mol. The third-order valence-corrected chi connectivity index (χ3v) is 6.88. The normalized spacial score (nSPS) is 24.1. The number of carbonyl (C=O) groups is 1. The van der Waals surface area contributed by atoms with Crippen LogP contribution in [0.4, 0.5) is 0 Å². The number of halogens is 1. The SMILES string of the molecule is O=C(CO)NC1CCC(CCN2CCC(c3noc4cc(Cl)ccc34)CC2)CC1. The van der Waals surface area contributed by atoms with Gasteiger partial charge in [-0.1, -0.05) is 16.8 Å². The molecule has 0 unspecified atom stereocenters. The van der Waals surface area contributed by atoms with E-state index < -0.39 is 6.61 Å². The van der Waals surface area contributed by atoms with Gasteiger partial charge in [-0.3, -0.25) is 4.79 Å². The maximum absolute atomic E-state index is 11.3. The predicted octanol–water partition coefficient (Wildman–Crippen LogP) is 3.72. The Morgan fingerprint density at radius 3 is 2.69 bits per heavy atom. The number of benzene rings is 1. The molecule has 1 aromatic carbocycles. The minimum Gasteiger partial charge on any atom is -0.387 e. The van der Waals surface area contributed by atoms with Gasteiger partial charge in [-0.15, -0.1) is 0 Å². The summed E-state index contributed by atoms with van der Waals surface area (Å²) in [6, 6.07) is 6.01. The van der Waals surface area contributed by atoms with Crippen LogP contribution in [0.2, 0.25) is 5.02 Å². The van der Waals surface area contributed by atoms with Crippen molar-refractivity contribution in [3.05, 3.63) is 28.9 Å². The molecule has 1 aliphatic carbocycles. The van der Waals surface area contributed by atoms with E-state index in [0.29, 0.717) is 10.9 Å². The lowest BCUT2D eigenvalue weighted by molar-refractivity contribution is -0.124. The Bertz CT molecular complexity index is 824. The number of fused-ring (bicyclic) bond motifs is 1. The summed E-state index contributed by atoms with van der Waals surface area (Å²) in [5.74, 6) is 0.956. The lowest BCUT2D eigenvalue weighted by Gasteiger charge is -2.34. The third kappa shape index (κ3) is 5.11. The van der Waals surface area contributed by atoms with Gasteiger partial charge >= 0.3 is 0 Å². The summed E-state index contributed by atoms with van der Waals surface area (Å²) >= 11 is 6.05. The summed E-state index contributed by atoms with van der Waals surface area (Å²) < 4.78 is 5.49. The highest BCUT2D eigenvalue weighted by Crippen LogP contribution is 2.34. The summed E-state index contributed by atoms with van der Waals surface area (Å²) in [6.45, 7) is 2.96. The minimum absolute atomic E-state index is 0.244. The van der Waals surface area contributed by atoms with Crippen molar-refractivity contribution in [1.29, 1.82) is 0 Å². The van der Waals surface area contributed by atoms with Crippen LogP contribution in [0.1, 0.15) is 56.6 Å². The summed E-state index contributed by atoms with van der Waals surface area (Å²) in [7, 11) is 0. The van der Waals surface area contributed by atoms with E-state index in [9.17, 15) is 4.79 Å². The number of hydrogen-bond donors (Lipinski definition) is 2. The average Bonchev–Trinajstić information content (AvgIpc) is 3.16. The van der Waals surface area contributed by atoms with Crippen molar-refractivity contribution in [2.45, 2.75) is 56.9 Å². The fraction of sp³-hybridized carbons (Fsp3) is 0.636. The molecule has 7 heteroatoms. The number of hydrogen-bond acceptors (Lipinski definition) is 5. The number of carbonyl (C=O) groups excluding carboxylic acids is 1. The van der Waals surface area contributed by atoms with Crippen LogP contribution in [0.15, 0.2) is 22.7 Å². The largest absolute Gasteiger partial charge is 0.387 e. The first kappa shape index (κ1) is 20.6. The van der Waals surface area contributed by atoms with Crippen molar-refractivity contribution in [3.63, 3.8) is 0 Å². The highest BCUT2D eigenvalue weighted by Gasteiger charge is 2.26. The van der Waals surface area contributed by atoms with Crippen molar-refractivity contribution in [2.24, 2.45) is 5.92 Å². The molecule has 0 spiro atoms. The zero-order valence-electron chi connectivity index (χ0n) is 16.8. The van der Waals surface area contributed by atoms with Crippen LogP contribution in [-0.4, -0.2) is 53.4 Å². The third-order valence-electron chi connectivity index (χ3n) is 6.65. The second-order valence-electron chi connectivity index (χ2n) is 8.56. The van der Waals surface area contributed by atoms with Crippen LogP contribution in [0, 0.1) is 5.92 Å². The first-order valence-corrected chi connectivity index (χ1v) is 11.2. The zero-order chi connectivity index (χ0) is 20.2. The molecule has 2 aromatic rings. The number of amides is 1. The first-order chi connectivity index (χ1) is 14.1. The van der Waals surface area contributed by atoms with E-state index in [1.54, 1.807) is 0 Å². The van der Waals surface area contributed by atoms with Gasteiger partial charge in [0.1, 0.15) is 6.61 Å². The van der Waals surface area contributed by atoms with E-state index >= 15 is 0 Å². The van der Waals surface area contributed by atoms with Gasteiger partial charge in [0.15, 0.2) is 5.58 Å². The van der Waals surface area contributed by atoms with Crippen LogP contribution in [-0.2, 0) is 4.79 Å². The molecule has 1 saturated carbocycles. The van der Waals surface area contributed by atoms with Gasteiger partial charge < -0.3 is 19.8 Å². The molecule has 6 nitrogen and oxygen atoms in total. The maximum atomic E-state index is 11.3. The molecule has 1 saturated heterocycles. The van der Waals surface area contributed by atoms with Gasteiger partial charge in [0.05, 0.1) is 5.69 Å². The molecule has 2 heterocycles. The highest BCUT2D eigenvalue weighted by atomic mass is 35.5. The van der Waals surface area contributed by atoms with Crippen molar-refractivity contribution < 1.29 is 14.4 Å². The molecule has 1 aliphatic heterocycles. The Labute approximate surface area is 176 Å². The van der Waals surface area contributed by atoms with E-state index in [0.717, 1.165) is 67.9 Å². The van der Waals surface area contributed by atoms with Crippen molar-refractivity contribution in [3.8, 4) is 0 Å². The topological polar surface area (TPSA) is 78.6 Å². The number of piperidine rings is 1. The Hall–Kier alpha value is -1.63. The number of nitrogens with zero attached hydrogens (tertiary/aromatic N) is 2. The quantitative estimate of drug-likeness (QED) is 0.746. The maximum Gasteiger partial charge on any atom is 0.245 e. The summed E-state index contributed by atoms with van der Waals surface area (Å²) in [5, 5.41) is 17.9. The molecule has 0 atom stereocenters. The van der Waals surface area contributed by atoms with Crippen LogP contribution in [0.3, 0.4) is 0 Å². The number of nitrogens with one attached hydrogen (secondary N) is 1. The molecule has 1 aromatic heterocycles. The second kappa shape index (κ2) is 9.45. The summed E-state index contributed by atoms with van der Waals surface area (Å²) in [4.78, 5) is 13.9. The van der Waals surface area contributed by atoms with Gasteiger partial charge in [0.25, 0.3) is 0 Å². The number of likely N-dealkylation sites (tertiary alicyclic amines) is 1. The van der Waals surface area contributed by atoms with Crippen molar-refractivity contribution in [1.82, 2.24) is 15.4 Å². The van der Waals surface area contributed by atoms with E-state index in [1.165, 1.54) is 19.3 Å². The molecular weight excluding hydrogens is 390 g/mol. The van der Waals surface area contributed by atoms with Gasteiger partial charge in [0.2, 0.25) is 5.91 Å². The van der Waals surface area contributed by atoms with Crippen LogP contribution >= 0.6 is 11.6 Å². The molecule has 2 N–H and O–H groups in total. The Morgan fingerprint density at radius 2 is 1.97 bits per heavy atom. The van der Waals surface area contributed by atoms with E-state index in [1.807, 2.05) is 18.2 Å². The lowest BCUT2D eigenvalue weighted by atomic mass is 9.83. The van der Waals surface area contributed by atoms with Gasteiger partial charge in [0, 0.05) is 28.4 Å².